The monoisotopic (exact) mass is 214 g/mol. The Labute approximate surface area is 86.1 Å². The predicted octanol–water partition coefficient (Wildman–Crippen LogP) is -0.124. The summed E-state index contributed by atoms with van der Waals surface area (Å²) >= 11 is 0. The van der Waals surface area contributed by atoms with Crippen molar-refractivity contribution in [2.75, 3.05) is 6.61 Å². The largest absolute Gasteiger partial charge is 0.526 e. The van der Waals surface area contributed by atoms with Gasteiger partial charge in [-0.15, -0.1) is 0 Å². The minimum absolute atomic E-state index is 0.0906. The van der Waals surface area contributed by atoms with Gasteiger partial charge in [0.25, 0.3) is 0 Å². The highest BCUT2D eigenvalue weighted by Gasteiger charge is 2.07. The van der Waals surface area contributed by atoms with Crippen molar-refractivity contribution in [1.29, 1.82) is 0 Å². The molecule has 0 aliphatic carbocycles. The molecule has 0 aliphatic heterocycles. The summed E-state index contributed by atoms with van der Waals surface area (Å²) in [5.41, 5.74) is 1.16. The summed E-state index contributed by atoms with van der Waals surface area (Å²) < 4.78 is 9.41. The van der Waals surface area contributed by atoms with Crippen LogP contribution in [0.1, 0.15) is 13.8 Å². The summed E-state index contributed by atoms with van der Waals surface area (Å²) in [5, 5.41) is 0. The third-order valence-electron chi connectivity index (χ3n) is 1.73. The first-order chi connectivity index (χ1) is 6.52. The highest BCUT2D eigenvalue weighted by atomic mass is 28.2. The fourth-order valence-corrected chi connectivity index (χ4v) is 0.980. The molecule has 0 fully saturated rings. The molecule has 5 heteroatoms. The zero-order valence-corrected chi connectivity index (χ0v) is 10.6. The maximum atomic E-state index is 11.1. The maximum absolute atomic E-state index is 11.1. The van der Waals surface area contributed by atoms with Crippen LogP contribution in [0.3, 0.4) is 0 Å². The second kappa shape index (κ2) is 6.15. The summed E-state index contributed by atoms with van der Waals surface area (Å²) in [4.78, 5) is 21.8. The van der Waals surface area contributed by atoms with Crippen molar-refractivity contribution >= 4 is 22.4 Å². The van der Waals surface area contributed by atoms with Crippen LogP contribution in [-0.2, 0) is 18.8 Å². The Morgan fingerprint density at radius 1 is 1.43 bits per heavy atom. The Balaban J connectivity index is 4.30. The number of hydrogen-bond acceptors (Lipinski definition) is 4. The fourth-order valence-electron chi connectivity index (χ4n) is 0.674. The highest BCUT2D eigenvalue weighted by Crippen LogP contribution is 2.05. The van der Waals surface area contributed by atoms with Gasteiger partial charge in [0.2, 0.25) is 10.5 Å². The normalized spacial score (nSPS) is 11.6. The van der Waals surface area contributed by atoms with Crippen molar-refractivity contribution in [3.63, 3.8) is 0 Å². The lowest BCUT2D eigenvalue weighted by Crippen LogP contribution is -2.09. The van der Waals surface area contributed by atoms with Crippen LogP contribution in [0.2, 0.25) is 0 Å². The van der Waals surface area contributed by atoms with Crippen LogP contribution in [0.15, 0.2) is 23.8 Å². The van der Waals surface area contributed by atoms with Gasteiger partial charge in [0, 0.05) is 11.6 Å². The van der Waals surface area contributed by atoms with Crippen molar-refractivity contribution in [3.8, 4) is 0 Å². The van der Waals surface area contributed by atoms with Gasteiger partial charge in [0.05, 0.1) is 0 Å². The summed E-state index contributed by atoms with van der Waals surface area (Å²) in [5.74, 6) is -0.861. The van der Waals surface area contributed by atoms with Gasteiger partial charge in [0.15, 0.2) is 0 Å². The van der Waals surface area contributed by atoms with E-state index in [2.05, 4.69) is 11.0 Å². The molecule has 0 amide bonds. The molecule has 0 aromatic rings. The summed E-state index contributed by atoms with van der Waals surface area (Å²) in [6.45, 7) is 6.70. The first kappa shape index (κ1) is 12.6. The molecule has 78 valence electrons. The number of esters is 1. The van der Waals surface area contributed by atoms with Crippen molar-refractivity contribution < 1.29 is 18.8 Å². The topological polar surface area (TPSA) is 52.6 Å². The van der Waals surface area contributed by atoms with Crippen molar-refractivity contribution in [2.24, 2.45) is 0 Å². The van der Waals surface area contributed by atoms with E-state index >= 15 is 0 Å². The quantitative estimate of drug-likeness (QED) is 0.372. The minimum atomic E-state index is -0.503. The zero-order chi connectivity index (χ0) is 11.1. The molecule has 0 aromatic heterocycles. The Bertz CT molecular complexity index is 281. The number of hydrogen-bond donors (Lipinski definition) is 0. The molecule has 14 heavy (non-hydrogen) atoms. The van der Waals surface area contributed by atoms with E-state index in [4.69, 9.17) is 4.74 Å². The van der Waals surface area contributed by atoms with Crippen molar-refractivity contribution in [2.45, 2.75) is 13.8 Å². The van der Waals surface area contributed by atoms with Gasteiger partial charge >= 0.3 is 11.9 Å². The zero-order valence-electron chi connectivity index (χ0n) is 8.62. The van der Waals surface area contributed by atoms with E-state index in [-0.39, 0.29) is 12.6 Å². The summed E-state index contributed by atoms with van der Waals surface area (Å²) in [7, 11) is 0.360. The van der Waals surface area contributed by atoms with Crippen LogP contribution in [0.4, 0.5) is 0 Å². The molecule has 0 N–H and O–H groups in total. The molecule has 4 nitrogen and oxygen atoms in total. The first-order valence-corrected chi connectivity index (χ1v) is 4.88. The molecule has 0 saturated heterocycles. The van der Waals surface area contributed by atoms with Gasteiger partial charge < -0.3 is 9.16 Å². The molecular weight excluding hydrogens is 200 g/mol. The molecule has 0 saturated carbocycles. The Hall–Kier alpha value is -1.36. The van der Waals surface area contributed by atoms with Crippen LogP contribution in [0.5, 0.6) is 0 Å². The van der Waals surface area contributed by atoms with Crippen molar-refractivity contribution in [3.05, 3.63) is 23.8 Å². The fraction of sp³-hybridized carbons (Fsp3) is 0.333. The standard InChI is InChI=1S/C9H14O4Si/c1-4-8(10)12-5-6(2)7(3)9(11)13-14/h4H,1,5H2,2-3,14H3. The van der Waals surface area contributed by atoms with Gasteiger partial charge in [-0.05, 0) is 19.4 Å². The van der Waals surface area contributed by atoms with Crippen LogP contribution in [-0.4, -0.2) is 29.0 Å². The first-order valence-electron chi connectivity index (χ1n) is 4.06. The highest BCUT2D eigenvalue weighted by molar-refractivity contribution is 6.09. The van der Waals surface area contributed by atoms with Gasteiger partial charge in [-0.2, -0.15) is 0 Å². The summed E-state index contributed by atoms with van der Waals surface area (Å²) in [6.07, 6.45) is 1.08. The Kier molecular flexibility index (Phi) is 5.55. The van der Waals surface area contributed by atoms with Crippen LogP contribution >= 0.6 is 0 Å². The minimum Gasteiger partial charge on any atom is -0.526 e. The molecule has 0 bridgehead atoms. The predicted molar refractivity (Wildman–Crippen MR) is 55.6 cm³/mol. The van der Waals surface area contributed by atoms with E-state index in [0.717, 1.165) is 6.08 Å². The Morgan fingerprint density at radius 3 is 2.43 bits per heavy atom. The van der Waals surface area contributed by atoms with E-state index in [1.165, 1.54) is 0 Å². The third kappa shape index (κ3) is 4.04. The second-order valence-electron chi connectivity index (χ2n) is 2.71. The second-order valence-corrected chi connectivity index (χ2v) is 3.12. The third-order valence-corrected chi connectivity index (χ3v) is 2.10. The van der Waals surface area contributed by atoms with Crippen molar-refractivity contribution in [1.82, 2.24) is 0 Å². The number of carbonyl (C=O) groups is 2. The molecule has 0 spiro atoms. The van der Waals surface area contributed by atoms with Gasteiger partial charge in [-0.3, -0.25) is 0 Å². The van der Waals surface area contributed by atoms with Crippen LogP contribution in [0.25, 0.3) is 0 Å². The smallest absolute Gasteiger partial charge is 0.330 e. The van der Waals surface area contributed by atoms with Gasteiger partial charge in [-0.1, -0.05) is 6.58 Å². The van der Waals surface area contributed by atoms with E-state index in [9.17, 15) is 9.59 Å². The van der Waals surface area contributed by atoms with E-state index in [0.29, 0.717) is 21.6 Å². The lowest BCUT2D eigenvalue weighted by molar-refractivity contribution is -0.137. The van der Waals surface area contributed by atoms with Gasteiger partial charge in [-0.25, -0.2) is 9.59 Å². The number of ether oxygens (including phenoxy) is 1. The average molecular weight is 214 g/mol. The van der Waals surface area contributed by atoms with E-state index < -0.39 is 5.97 Å². The maximum Gasteiger partial charge on any atom is 0.330 e. The molecule has 0 radical (unpaired) electrons. The SMILES string of the molecule is C=CC(=O)OCC(C)=C(C)C(=O)O[SiH3]. The lowest BCUT2D eigenvalue weighted by Gasteiger charge is -2.06. The number of rotatable bonds is 4. The van der Waals surface area contributed by atoms with Gasteiger partial charge in [0.1, 0.15) is 6.61 Å². The molecule has 0 atom stereocenters. The molecular formula is C9H14O4Si. The molecule has 0 aliphatic rings. The number of carbonyl (C=O) groups excluding carboxylic acids is 2. The van der Waals surface area contributed by atoms with Crippen LogP contribution < -0.4 is 0 Å². The Morgan fingerprint density at radius 2 is 2.00 bits per heavy atom. The molecule has 0 aromatic carbocycles. The molecule has 0 rings (SSSR count). The average Bonchev–Trinajstić information content (AvgIpc) is 2.22. The molecule has 0 heterocycles. The van der Waals surface area contributed by atoms with E-state index in [1.807, 2.05) is 0 Å². The van der Waals surface area contributed by atoms with Crippen LogP contribution in [0, 0.1) is 0 Å². The van der Waals surface area contributed by atoms with E-state index in [1.54, 1.807) is 13.8 Å². The molecule has 0 unspecified atom stereocenters. The summed E-state index contributed by atoms with van der Waals surface area (Å²) in [6, 6.07) is 0. The lowest BCUT2D eigenvalue weighted by atomic mass is 10.2.